The minimum atomic E-state index is 0.247. The summed E-state index contributed by atoms with van der Waals surface area (Å²) in [6.07, 6.45) is 3.58. The molecule has 0 radical (unpaired) electrons. The third-order valence-corrected chi connectivity index (χ3v) is 2.64. The summed E-state index contributed by atoms with van der Waals surface area (Å²) < 4.78 is 0. The van der Waals surface area contributed by atoms with Crippen LogP contribution in [0.3, 0.4) is 0 Å². The summed E-state index contributed by atoms with van der Waals surface area (Å²) in [5.41, 5.74) is 0.978. The SMILES string of the molecule is CCC(CCO)CNc1ccnc(Cl)c1. The second-order valence-electron chi connectivity index (χ2n) is 3.53. The summed E-state index contributed by atoms with van der Waals surface area (Å²) in [5.74, 6) is 0.502. The Morgan fingerprint density at radius 3 is 3.00 bits per heavy atom. The molecular weight excluding hydrogens is 212 g/mol. The molecule has 1 heterocycles. The van der Waals surface area contributed by atoms with Crippen molar-refractivity contribution >= 4 is 17.3 Å². The molecule has 84 valence electrons. The highest BCUT2D eigenvalue weighted by atomic mass is 35.5. The van der Waals surface area contributed by atoms with Gasteiger partial charge in [0.25, 0.3) is 0 Å². The van der Waals surface area contributed by atoms with Crippen molar-refractivity contribution < 1.29 is 5.11 Å². The fourth-order valence-corrected chi connectivity index (χ4v) is 1.58. The van der Waals surface area contributed by atoms with E-state index in [1.54, 1.807) is 12.3 Å². The van der Waals surface area contributed by atoms with Gasteiger partial charge in [0.15, 0.2) is 0 Å². The molecule has 0 bridgehead atoms. The van der Waals surface area contributed by atoms with Gasteiger partial charge in [0.1, 0.15) is 5.15 Å². The lowest BCUT2D eigenvalue weighted by atomic mass is 10.0. The molecule has 0 fully saturated rings. The lowest BCUT2D eigenvalue weighted by Gasteiger charge is -2.15. The topological polar surface area (TPSA) is 45.1 Å². The number of hydrogen-bond acceptors (Lipinski definition) is 3. The van der Waals surface area contributed by atoms with E-state index in [9.17, 15) is 0 Å². The molecule has 0 aromatic carbocycles. The second kappa shape index (κ2) is 6.64. The average Bonchev–Trinajstić information content (AvgIpc) is 2.24. The summed E-state index contributed by atoms with van der Waals surface area (Å²) in [7, 11) is 0. The number of pyridine rings is 1. The molecule has 0 saturated carbocycles. The van der Waals surface area contributed by atoms with E-state index in [0.717, 1.165) is 25.1 Å². The van der Waals surface area contributed by atoms with Crippen LogP contribution in [0.15, 0.2) is 18.3 Å². The Hall–Kier alpha value is -0.800. The minimum absolute atomic E-state index is 0.247. The van der Waals surface area contributed by atoms with Crippen LogP contribution in [0.4, 0.5) is 5.69 Å². The number of aliphatic hydroxyl groups is 1. The van der Waals surface area contributed by atoms with E-state index >= 15 is 0 Å². The Labute approximate surface area is 95.5 Å². The highest BCUT2D eigenvalue weighted by Crippen LogP contribution is 2.14. The van der Waals surface area contributed by atoms with Gasteiger partial charge in [0.05, 0.1) is 0 Å². The number of anilines is 1. The van der Waals surface area contributed by atoms with Crippen LogP contribution in [0.25, 0.3) is 0 Å². The minimum Gasteiger partial charge on any atom is -0.396 e. The van der Waals surface area contributed by atoms with Crippen LogP contribution >= 0.6 is 11.6 Å². The molecule has 1 aromatic rings. The Balaban J connectivity index is 2.41. The van der Waals surface area contributed by atoms with E-state index in [4.69, 9.17) is 16.7 Å². The molecule has 0 aliphatic carbocycles. The normalized spacial score (nSPS) is 12.5. The van der Waals surface area contributed by atoms with Crippen LogP contribution in [0.2, 0.25) is 5.15 Å². The van der Waals surface area contributed by atoms with Gasteiger partial charge in [-0.3, -0.25) is 0 Å². The van der Waals surface area contributed by atoms with Crippen molar-refractivity contribution in [2.75, 3.05) is 18.5 Å². The van der Waals surface area contributed by atoms with Crippen LogP contribution < -0.4 is 5.32 Å². The van der Waals surface area contributed by atoms with Gasteiger partial charge in [0.2, 0.25) is 0 Å². The third kappa shape index (κ3) is 4.49. The summed E-state index contributed by atoms with van der Waals surface area (Å²) in [6, 6.07) is 3.69. The van der Waals surface area contributed by atoms with E-state index in [0.29, 0.717) is 11.1 Å². The van der Waals surface area contributed by atoms with Gasteiger partial charge in [-0.25, -0.2) is 4.98 Å². The maximum Gasteiger partial charge on any atom is 0.131 e. The van der Waals surface area contributed by atoms with Crippen molar-refractivity contribution in [2.24, 2.45) is 5.92 Å². The zero-order valence-electron chi connectivity index (χ0n) is 8.91. The van der Waals surface area contributed by atoms with Crippen molar-refractivity contribution in [3.05, 3.63) is 23.5 Å². The van der Waals surface area contributed by atoms with E-state index in [1.165, 1.54) is 0 Å². The molecule has 0 aliphatic rings. The largest absolute Gasteiger partial charge is 0.396 e. The monoisotopic (exact) mass is 228 g/mol. The fraction of sp³-hybridized carbons (Fsp3) is 0.545. The van der Waals surface area contributed by atoms with Gasteiger partial charge in [-0.05, 0) is 24.5 Å². The summed E-state index contributed by atoms with van der Waals surface area (Å²) in [6.45, 7) is 3.23. The maximum atomic E-state index is 8.85. The molecule has 15 heavy (non-hydrogen) atoms. The zero-order chi connectivity index (χ0) is 11.1. The van der Waals surface area contributed by atoms with Gasteiger partial charge in [0, 0.05) is 25.0 Å². The number of nitrogens with one attached hydrogen (secondary N) is 1. The number of rotatable bonds is 6. The van der Waals surface area contributed by atoms with Crippen LogP contribution in [-0.2, 0) is 0 Å². The molecule has 0 saturated heterocycles. The van der Waals surface area contributed by atoms with Gasteiger partial charge in [-0.1, -0.05) is 24.9 Å². The molecule has 1 atom stereocenters. The van der Waals surface area contributed by atoms with Crippen molar-refractivity contribution in [1.29, 1.82) is 0 Å². The van der Waals surface area contributed by atoms with Crippen LogP contribution in [0.1, 0.15) is 19.8 Å². The smallest absolute Gasteiger partial charge is 0.131 e. The first-order chi connectivity index (χ1) is 7.26. The summed E-state index contributed by atoms with van der Waals surface area (Å²) >= 11 is 5.76. The first kappa shape index (κ1) is 12.3. The first-order valence-corrected chi connectivity index (χ1v) is 5.60. The standard InChI is InChI=1S/C11H17ClN2O/c1-2-9(4-6-15)8-14-10-3-5-13-11(12)7-10/h3,5,7,9,15H,2,4,6,8H2,1H3,(H,13,14). The second-order valence-corrected chi connectivity index (χ2v) is 3.92. The van der Waals surface area contributed by atoms with Crippen molar-refractivity contribution in [2.45, 2.75) is 19.8 Å². The average molecular weight is 229 g/mol. The Morgan fingerprint density at radius 2 is 2.40 bits per heavy atom. The van der Waals surface area contributed by atoms with Gasteiger partial charge >= 0.3 is 0 Å². The van der Waals surface area contributed by atoms with E-state index < -0.39 is 0 Å². The number of nitrogens with zero attached hydrogens (tertiary/aromatic N) is 1. The lowest BCUT2D eigenvalue weighted by Crippen LogP contribution is -2.14. The number of halogens is 1. The summed E-state index contributed by atoms with van der Waals surface area (Å²) in [5, 5.41) is 12.6. The number of aromatic nitrogens is 1. The van der Waals surface area contributed by atoms with Crippen LogP contribution in [-0.4, -0.2) is 23.2 Å². The summed E-state index contributed by atoms with van der Waals surface area (Å²) in [4.78, 5) is 3.91. The van der Waals surface area contributed by atoms with Crippen molar-refractivity contribution in [3.8, 4) is 0 Å². The molecule has 1 unspecified atom stereocenters. The molecule has 3 nitrogen and oxygen atoms in total. The van der Waals surface area contributed by atoms with Crippen LogP contribution in [0, 0.1) is 5.92 Å². The zero-order valence-corrected chi connectivity index (χ0v) is 9.67. The first-order valence-electron chi connectivity index (χ1n) is 5.22. The van der Waals surface area contributed by atoms with Gasteiger partial charge in [-0.15, -0.1) is 0 Å². The highest BCUT2D eigenvalue weighted by molar-refractivity contribution is 6.29. The van der Waals surface area contributed by atoms with E-state index in [2.05, 4.69) is 17.2 Å². The Kier molecular flexibility index (Phi) is 5.43. The fourth-order valence-electron chi connectivity index (χ4n) is 1.41. The molecule has 0 spiro atoms. The molecule has 1 aromatic heterocycles. The maximum absolute atomic E-state index is 8.85. The van der Waals surface area contributed by atoms with Gasteiger partial charge in [-0.2, -0.15) is 0 Å². The predicted octanol–water partition coefficient (Wildman–Crippen LogP) is 2.56. The van der Waals surface area contributed by atoms with E-state index in [1.807, 2.05) is 6.07 Å². The van der Waals surface area contributed by atoms with E-state index in [-0.39, 0.29) is 6.61 Å². The Bertz CT molecular complexity index is 294. The molecular formula is C11H17ClN2O. The molecule has 0 aliphatic heterocycles. The Morgan fingerprint density at radius 1 is 1.60 bits per heavy atom. The highest BCUT2D eigenvalue weighted by Gasteiger charge is 2.05. The number of aliphatic hydroxyl groups excluding tert-OH is 1. The molecule has 2 N–H and O–H groups in total. The van der Waals surface area contributed by atoms with Crippen molar-refractivity contribution in [1.82, 2.24) is 4.98 Å². The molecule has 0 amide bonds. The third-order valence-electron chi connectivity index (χ3n) is 2.44. The molecule has 4 heteroatoms. The van der Waals surface area contributed by atoms with Crippen molar-refractivity contribution in [3.63, 3.8) is 0 Å². The van der Waals surface area contributed by atoms with Gasteiger partial charge < -0.3 is 10.4 Å². The predicted molar refractivity (Wildman–Crippen MR) is 63.2 cm³/mol. The molecule has 1 rings (SSSR count). The van der Waals surface area contributed by atoms with Crippen LogP contribution in [0.5, 0.6) is 0 Å². The lowest BCUT2D eigenvalue weighted by molar-refractivity contribution is 0.258. The number of hydrogen-bond donors (Lipinski definition) is 2. The quantitative estimate of drug-likeness (QED) is 0.736.